The number of carboxylic acid groups (broad SMARTS) is 1. The number of carboxylic acids is 1. The predicted octanol–water partition coefficient (Wildman–Crippen LogP) is 2.01. The third kappa shape index (κ3) is 3.38. The first-order chi connectivity index (χ1) is 9.20. The Bertz CT molecular complexity index is 548. The number of benzene rings is 1. The quantitative estimate of drug-likeness (QED) is 0.801. The van der Waals surface area contributed by atoms with Gasteiger partial charge in [-0.1, -0.05) is 0 Å². The van der Waals surface area contributed by atoms with Crippen LogP contribution in [0.5, 0.6) is 0 Å². The van der Waals surface area contributed by atoms with Crippen molar-refractivity contribution in [2.75, 3.05) is 13.2 Å². The van der Waals surface area contributed by atoms with Crippen LogP contribution in [-0.4, -0.2) is 34.5 Å². The van der Waals surface area contributed by atoms with Crippen molar-refractivity contribution in [2.45, 2.75) is 13.3 Å². The van der Waals surface area contributed by atoms with Gasteiger partial charge in [0, 0.05) is 18.6 Å². The average Bonchev–Trinajstić information content (AvgIpc) is 2.88. The third-order valence-electron chi connectivity index (χ3n) is 2.51. The number of carbonyl (C=O) groups is 1. The van der Waals surface area contributed by atoms with E-state index in [4.69, 9.17) is 14.3 Å². The Morgan fingerprint density at radius 1 is 1.32 bits per heavy atom. The number of ether oxygens (including phenoxy) is 1. The van der Waals surface area contributed by atoms with Crippen LogP contribution in [0, 0.1) is 0 Å². The van der Waals surface area contributed by atoms with E-state index in [2.05, 4.69) is 10.2 Å². The smallest absolute Gasteiger partial charge is 0.335 e. The lowest BCUT2D eigenvalue weighted by atomic mass is 10.1. The molecule has 0 aliphatic heterocycles. The van der Waals surface area contributed by atoms with E-state index in [1.165, 1.54) is 12.1 Å². The van der Waals surface area contributed by atoms with Gasteiger partial charge in [0.1, 0.15) is 0 Å². The van der Waals surface area contributed by atoms with E-state index < -0.39 is 5.97 Å². The van der Waals surface area contributed by atoms with Gasteiger partial charge in [-0.15, -0.1) is 10.2 Å². The molecule has 0 saturated heterocycles. The molecular formula is C13H14N2O4. The topological polar surface area (TPSA) is 85.5 Å². The van der Waals surface area contributed by atoms with Gasteiger partial charge in [0.05, 0.1) is 12.2 Å². The van der Waals surface area contributed by atoms with E-state index in [0.29, 0.717) is 37.0 Å². The standard InChI is InChI=1S/C13H14N2O4/c1-2-18-8-7-11-14-15-12(19-11)9-3-5-10(6-4-9)13(16)17/h3-6H,2,7-8H2,1H3,(H,16,17). The molecule has 1 N–H and O–H groups in total. The minimum Gasteiger partial charge on any atom is -0.478 e. The van der Waals surface area contributed by atoms with E-state index in [-0.39, 0.29) is 5.56 Å². The van der Waals surface area contributed by atoms with Crippen LogP contribution < -0.4 is 0 Å². The van der Waals surface area contributed by atoms with Crippen molar-refractivity contribution in [3.8, 4) is 11.5 Å². The Labute approximate surface area is 110 Å². The summed E-state index contributed by atoms with van der Waals surface area (Å²) in [5, 5.41) is 16.6. The summed E-state index contributed by atoms with van der Waals surface area (Å²) in [5.41, 5.74) is 0.917. The predicted molar refractivity (Wildman–Crippen MR) is 66.9 cm³/mol. The second-order valence-electron chi connectivity index (χ2n) is 3.83. The van der Waals surface area contributed by atoms with Gasteiger partial charge in [-0.05, 0) is 31.2 Å². The SMILES string of the molecule is CCOCCc1nnc(-c2ccc(C(=O)O)cc2)o1. The van der Waals surface area contributed by atoms with E-state index in [1.807, 2.05) is 6.92 Å². The lowest BCUT2D eigenvalue weighted by Crippen LogP contribution is -1.97. The van der Waals surface area contributed by atoms with Gasteiger partial charge in [-0.25, -0.2) is 4.79 Å². The molecule has 0 atom stereocenters. The zero-order chi connectivity index (χ0) is 13.7. The Balaban J connectivity index is 2.07. The average molecular weight is 262 g/mol. The number of hydrogen-bond donors (Lipinski definition) is 1. The van der Waals surface area contributed by atoms with Crippen LogP contribution in [0.15, 0.2) is 28.7 Å². The minimum absolute atomic E-state index is 0.222. The maximum atomic E-state index is 10.7. The molecule has 0 aliphatic carbocycles. The second-order valence-corrected chi connectivity index (χ2v) is 3.83. The van der Waals surface area contributed by atoms with Crippen molar-refractivity contribution in [1.29, 1.82) is 0 Å². The molecule has 0 saturated carbocycles. The summed E-state index contributed by atoms with van der Waals surface area (Å²) >= 11 is 0. The van der Waals surface area contributed by atoms with Crippen molar-refractivity contribution in [3.05, 3.63) is 35.7 Å². The summed E-state index contributed by atoms with van der Waals surface area (Å²) in [5.74, 6) is -0.0799. The molecular weight excluding hydrogens is 248 g/mol. The van der Waals surface area contributed by atoms with Crippen LogP contribution in [0.1, 0.15) is 23.2 Å². The van der Waals surface area contributed by atoms with Crippen molar-refractivity contribution >= 4 is 5.97 Å². The van der Waals surface area contributed by atoms with Crippen LogP contribution in [-0.2, 0) is 11.2 Å². The van der Waals surface area contributed by atoms with Crippen LogP contribution >= 0.6 is 0 Å². The zero-order valence-electron chi connectivity index (χ0n) is 10.5. The molecule has 2 aromatic rings. The molecule has 19 heavy (non-hydrogen) atoms. The van der Waals surface area contributed by atoms with Crippen LogP contribution in [0.2, 0.25) is 0 Å². The lowest BCUT2D eigenvalue weighted by Gasteiger charge is -1.97. The van der Waals surface area contributed by atoms with Crippen molar-refractivity contribution in [1.82, 2.24) is 10.2 Å². The number of nitrogens with zero attached hydrogens (tertiary/aromatic N) is 2. The zero-order valence-corrected chi connectivity index (χ0v) is 10.5. The van der Waals surface area contributed by atoms with E-state index >= 15 is 0 Å². The van der Waals surface area contributed by atoms with Gasteiger partial charge in [0.2, 0.25) is 11.8 Å². The molecule has 1 heterocycles. The second kappa shape index (κ2) is 6.10. The molecule has 0 spiro atoms. The summed E-state index contributed by atoms with van der Waals surface area (Å²) in [7, 11) is 0. The summed E-state index contributed by atoms with van der Waals surface area (Å²) in [4.78, 5) is 10.7. The summed E-state index contributed by atoms with van der Waals surface area (Å²) < 4.78 is 10.7. The lowest BCUT2D eigenvalue weighted by molar-refractivity contribution is 0.0697. The fraction of sp³-hybridized carbons (Fsp3) is 0.308. The molecule has 0 unspecified atom stereocenters. The van der Waals surface area contributed by atoms with E-state index in [9.17, 15) is 4.79 Å². The highest BCUT2D eigenvalue weighted by Gasteiger charge is 2.09. The van der Waals surface area contributed by atoms with Crippen molar-refractivity contribution < 1.29 is 19.1 Å². The summed E-state index contributed by atoms with van der Waals surface area (Å²) in [6.45, 7) is 3.11. The van der Waals surface area contributed by atoms with Gasteiger partial charge in [0.25, 0.3) is 0 Å². The van der Waals surface area contributed by atoms with E-state index in [0.717, 1.165) is 0 Å². The number of aromatic nitrogens is 2. The Morgan fingerprint density at radius 3 is 2.68 bits per heavy atom. The molecule has 6 heteroatoms. The van der Waals surface area contributed by atoms with Gasteiger partial charge >= 0.3 is 5.97 Å². The highest BCUT2D eigenvalue weighted by Crippen LogP contribution is 2.18. The molecule has 1 aromatic heterocycles. The molecule has 0 fully saturated rings. The fourth-order valence-electron chi connectivity index (χ4n) is 1.53. The molecule has 0 bridgehead atoms. The van der Waals surface area contributed by atoms with Gasteiger partial charge in [-0.2, -0.15) is 0 Å². The molecule has 0 aliphatic rings. The third-order valence-corrected chi connectivity index (χ3v) is 2.51. The molecule has 1 aromatic carbocycles. The van der Waals surface area contributed by atoms with Crippen LogP contribution in [0.3, 0.4) is 0 Å². The van der Waals surface area contributed by atoms with E-state index in [1.54, 1.807) is 12.1 Å². The van der Waals surface area contributed by atoms with Crippen LogP contribution in [0.4, 0.5) is 0 Å². The van der Waals surface area contributed by atoms with Gasteiger partial charge < -0.3 is 14.3 Å². The number of rotatable bonds is 6. The first-order valence-electron chi connectivity index (χ1n) is 5.94. The molecule has 100 valence electrons. The maximum absolute atomic E-state index is 10.7. The van der Waals surface area contributed by atoms with Gasteiger partial charge in [-0.3, -0.25) is 0 Å². The Kier molecular flexibility index (Phi) is 4.25. The largest absolute Gasteiger partial charge is 0.478 e. The molecule has 6 nitrogen and oxygen atoms in total. The monoisotopic (exact) mass is 262 g/mol. The highest BCUT2D eigenvalue weighted by molar-refractivity contribution is 5.88. The van der Waals surface area contributed by atoms with Gasteiger partial charge in [0.15, 0.2) is 0 Å². The Morgan fingerprint density at radius 2 is 2.05 bits per heavy atom. The highest BCUT2D eigenvalue weighted by atomic mass is 16.5. The Hall–Kier alpha value is -2.21. The molecule has 0 radical (unpaired) electrons. The summed E-state index contributed by atoms with van der Waals surface area (Å²) in [6, 6.07) is 6.29. The first kappa shape index (κ1) is 13.2. The number of hydrogen-bond acceptors (Lipinski definition) is 5. The molecule has 2 rings (SSSR count). The maximum Gasteiger partial charge on any atom is 0.335 e. The minimum atomic E-state index is -0.963. The van der Waals surface area contributed by atoms with Crippen molar-refractivity contribution in [2.24, 2.45) is 0 Å². The number of aromatic carboxylic acids is 1. The molecule has 0 amide bonds. The fourth-order valence-corrected chi connectivity index (χ4v) is 1.53. The van der Waals surface area contributed by atoms with Crippen molar-refractivity contribution in [3.63, 3.8) is 0 Å². The summed E-state index contributed by atoms with van der Waals surface area (Å²) in [6.07, 6.45) is 0.564. The van der Waals surface area contributed by atoms with Crippen LogP contribution in [0.25, 0.3) is 11.5 Å². The normalized spacial score (nSPS) is 10.6. The first-order valence-corrected chi connectivity index (χ1v) is 5.94.